The molecule has 108 valence electrons. The second-order valence-electron chi connectivity index (χ2n) is 6.35. The molecule has 0 radical (unpaired) electrons. The van der Waals surface area contributed by atoms with E-state index in [4.69, 9.17) is 0 Å². The van der Waals surface area contributed by atoms with E-state index in [9.17, 15) is 4.79 Å². The van der Waals surface area contributed by atoms with Gasteiger partial charge in [0.05, 0.1) is 4.88 Å². The maximum Gasteiger partial charge on any atom is 0.173 e. The third-order valence-corrected chi connectivity index (χ3v) is 6.19. The number of aryl methyl sites for hydroxylation is 2. The van der Waals surface area contributed by atoms with Gasteiger partial charge in [0, 0.05) is 11.3 Å². The fourth-order valence-corrected chi connectivity index (χ4v) is 4.88. The SMILES string of the molecule is O=C(CC1Cc2ccccc21)c1cc2c(s1)CCCCC2. The Hall–Kier alpha value is -1.41. The van der Waals surface area contributed by atoms with Gasteiger partial charge in [-0.1, -0.05) is 30.7 Å². The number of rotatable bonds is 3. The van der Waals surface area contributed by atoms with Crippen molar-refractivity contribution in [2.24, 2.45) is 0 Å². The number of benzene rings is 1. The molecule has 1 unspecified atom stereocenters. The average molecular weight is 296 g/mol. The highest BCUT2D eigenvalue weighted by Gasteiger charge is 2.28. The van der Waals surface area contributed by atoms with Crippen LogP contribution >= 0.6 is 11.3 Å². The summed E-state index contributed by atoms with van der Waals surface area (Å²) in [4.78, 5) is 15.1. The van der Waals surface area contributed by atoms with Crippen LogP contribution in [0.15, 0.2) is 30.3 Å². The smallest absolute Gasteiger partial charge is 0.173 e. The molecule has 1 aromatic carbocycles. The van der Waals surface area contributed by atoms with Crippen molar-refractivity contribution in [3.05, 3.63) is 56.8 Å². The number of hydrogen-bond acceptors (Lipinski definition) is 2. The van der Waals surface area contributed by atoms with E-state index in [1.165, 1.54) is 53.7 Å². The number of carbonyl (C=O) groups excluding carboxylic acids is 1. The van der Waals surface area contributed by atoms with Crippen LogP contribution in [-0.4, -0.2) is 5.78 Å². The molecule has 1 aromatic heterocycles. The van der Waals surface area contributed by atoms with Gasteiger partial charge in [-0.3, -0.25) is 4.79 Å². The van der Waals surface area contributed by atoms with Crippen LogP contribution in [0.2, 0.25) is 0 Å². The minimum absolute atomic E-state index is 0.354. The van der Waals surface area contributed by atoms with E-state index in [0.29, 0.717) is 18.1 Å². The first-order valence-corrected chi connectivity index (χ1v) is 8.85. The Morgan fingerprint density at radius 3 is 2.86 bits per heavy atom. The topological polar surface area (TPSA) is 17.1 Å². The highest BCUT2D eigenvalue weighted by Crippen LogP contribution is 2.39. The second kappa shape index (κ2) is 5.42. The lowest BCUT2D eigenvalue weighted by Crippen LogP contribution is -2.19. The van der Waals surface area contributed by atoms with Crippen LogP contribution in [0, 0.1) is 0 Å². The van der Waals surface area contributed by atoms with Gasteiger partial charge >= 0.3 is 0 Å². The summed E-state index contributed by atoms with van der Waals surface area (Å²) in [6.07, 6.45) is 8.03. The maximum absolute atomic E-state index is 12.6. The van der Waals surface area contributed by atoms with Crippen molar-refractivity contribution in [2.75, 3.05) is 0 Å². The third kappa shape index (κ3) is 2.46. The predicted molar refractivity (Wildman–Crippen MR) is 87.4 cm³/mol. The Bertz CT molecular complexity index is 659. The third-order valence-electron chi connectivity index (χ3n) is 4.91. The molecule has 4 rings (SSSR count). The average Bonchev–Trinajstić information content (AvgIpc) is 2.76. The Labute approximate surface area is 130 Å². The number of ketones is 1. The Morgan fingerprint density at radius 2 is 1.95 bits per heavy atom. The first kappa shape index (κ1) is 13.3. The molecule has 0 aliphatic heterocycles. The van der Waals surface area contributed by atoms with Crippen LogP contribution in [0.3, 0.4) is 0 Å². The minimum Gasteiger partial charge on any atom is -0.293 e. The zero-order valence-electron chi connectivity index (χ0n) is 12.2. The van der Waals surface area contributed by atoms with Gasteiger partial charge in [0.15, 0.2) is 5.78 Å². The first-order chi connectivity index (χ1) is 10.3. The van der Waals surface area contributed by atoms with E-state index >= 15 is 0 Å². The molecule has 2 aliphatic rings. The summed E-state index contributed by atoms with van der Waals surface area (Å²) in [6, 6.07) is 10.7. The number of fused-ring (bicyclic) bond motifs is 2. The van der Waals surface area contributed by atoms with Gasteiger partial charge in [0.1, 0.15) is 0 Å². The molecule has 0 saturated heterocycles. The molecule has 0 amide bonds. The summed E-state index contributed by atoms with van der Waals surface area (Å²) in [5.41, 5.74) is 4.27. The summed E-state index contributed by atoms with van der Waals surface area (Å²) >= 11 is 1.77. The molecule has 1 atom stereocenters. The molecule has 2 heteroatoms. The molecule has 0 spiro atoms. The van der Waals surface area contributed by atoms with Gasteiger partial charge in [-0.25, -0.2) is 0 Å². The normalized spacial score (nSPS) is 20.1. The van der Waals surface area contributed by atoms with Crippen molar-refractivity contribution in [1.29, 1.82) is 0 Å². The second-order valence-corrected chi connectivity index (χ2v) is 7.48. The zero-order valence-corrected chi connectivity index (χ0v) is 13.0. The minimum atomic E-state index is 0.354. The first-order valence-electron chi connectivity index (χ1n) is 8.04. The summed E-state index contributed by atoms with van der Waals surface area (Å²) in [5, 5.41) is 0. The molecule has 0 saturated carbocycles. The lowest BCUT2D eigenvalue weighted by Gasteiger charge is -2.29. The van der Waals surface area contributed by atoms with Crippen LogP contribution in [-0.2, 0) is 19.3 Å². The molecule has 0 N–H and O–H groups in total. The van der Waals surface area contributed by atoms with Crippen molar-refractivity contribution in [3.63, 3.8) is 0 Å². The Morgan fingerprint density at radius 1 is 1.10 bits per heavy atom. The highest BCUT2D eigenvalue weighted by atomic mass is 32.1. The number of Topliss-reactive ketones (excluding diaryl/α,β-unsaturated/α-hetero) is 1. The predicted octanol–water partition coefficient (Wildman–Crippen LogP) is 4.93. The van der Waals surface area contributed by atoms with Crippen LogP contribution in [0.4, 0.5) is 0 Å². The van der Waals surface area contributed by atoms with Gasteiger partial charge in [-0.15, -0.1) is 11.3 Å². The number of hydrogen-bond donors (Lipinski definition) is 0. The fourth-order valence-electron chi connectivity index (χ4n) is 3.67. The molecular formula is C19H20OS. The van der Waals surface area contributed by atoms with Gasteiger partial charge < -0.3 is 0 Å². The zero-order chi connectivity index (χ0) is 14.2. The summed E-state index contributed by atoms with van der Waals surface area (Å²) in [7, 11) is 0. The van der Waals surface area contributed by atoms with E-state index in [2.05, 4.69) is 30.3 Å². The van der Waals surface area contributed by atoms with Crippen LogP contribution in [0.1, 0.15) is 62.8 Å². The molecule has 0 bridgehead atoms. The van der Waals surface area contributed by atoms with Gasteiger partial charge in [-0.05, 0) is 60.8 Å². The van der Waals surface area contributed by atoms with Crippen molar-refractivity contribution in [2.45, 2.75) is 50.9 Å². The van der Waals surface area contributed by atoms with E-state index in [1.54, 1.807) is 11.3 Å². The molecule has 2 aliphatic carbocycles. The fraction of sp³-hybridized carbons (Fsp3) is 0.421. The van der Waals surface area contributed by atoms with Crippen molar-refractivity contribution < 1.29 is 4.79 Å². The van der Waals surface area contributed by atoms with Crippen LogP contribution < -0.4 is 0 Å². The quantitative estimate of drug-likeness (QED) is 0.580. The lowest BCUT2D eigenvalue weighted by molar-refractivity contribution is 0.0974. The molecule has 2 aromatic rings. The summed E-state index contributed by atoms with van der Waals surface area (Å²) in [5.74, 6) is 0.809. The molecule has 21 heavy (non-hydrogen) atoms. The molecule has 0 fully saturated rings. The largest absolute Gasteiger partial charge is 0.293 e. The molecular weight excluding hydrogens is 276 g/mol. The van der Waals surface area contributed by atoms with Gasteiger partial charge in [0.2, 0.25) is 0 Å². The number of carbonyl (C=O) groups is 1. The molecule has 1 nitrogen and oxygen atoms in total. The lowest BCUT2D eigenvalue weighted by atomic mass is 9.75. The van der Waals surface area contributed by atoms with Crippen molar-refractivity contribution >= 4 is 17.1 Å². The van der Waals surface area contributed by atoms with E-state index in [0.717, 1.165) is 11.3 Å². The standard InChI is InChI=1S/C19H20OS/c20-17(11-15-10-13-6-4-5-8-16(13)15)19-12-14-7-2-1-3-9-18(14)21-19/h4-6,8,12,15H,1-3,7,9-11H2. The maximum atomic E-state index is 12.6. The van der Waals surface area contributed by atoms with E-state index < -0.39 is 0 Å². The van der Waals surface area contributed by atoms with Crippen molar-refractivity contribution in [3.8, 4) is 0 Å². The highest BCUT2D eigenvalue weighted by molar-refractivity contribution is 7.14. The monoisotopic (exact) mass is 296 g/mol. The number of thiophene rings is 1. The van der Waals surface area contributed by atoms with Gasteiger partial charge in [-0.2, -0.15) is 0 Å². The van der Waals surface area contributed by atoms with E-state index in [1.807, 2.05) is 0 Å². The van der Waals surface area contributed by atoms with Crippen LogP contribution in [0.5, 0.6) is 0 Å². The summed E-state index contributed by atoms with van der Waals surface area (Å²) in [6.45, 7) is 0. The van der Waals surface area contributed by atoms with Crippen molar-refractivity contribution in [1.82, 2.24) is 0 Å². The van der Waals surface area contributed by atoms with E-state index in [-0.39, 0.29) is 0 Å². The summed E-state index contributed by atoms with van der Waals surface area (Å²) < 4.78 is 0. The van der Waals surface area contributed by atoms with Gasteiger partial charge in [0.25, 0.3) is 0 Å². The molecule has 1 heterocycles. The van der Waals surface area contributed by atoms with Crippen LogP contribution in [0.25, 0.3) is 0 Å². The Kier molecular flexibility index (Phi) is 3.42. The Balaban J connectivity index is 1.49.